The SMILES string of the molecule is CCNCC(C)(O)c1cccc2c1OCCC2. The Morgan fingerprint density at radius 2 is 2.29 bits per heavy atom. The van der Waals surface area contributed by atoms with Crippen LogP contribution in [0.3, 0.4) is 0 Å². The largest absolute Gasteiger partial charge is 0.493 e. The van der Waals surface area contributed by atoms with Crippen molar-refractivity contribution in [2.24, 2.45) is 0 Å². The van der Waals surface area contributed by atoms with Crippen molar-refractivity contribution in [1.82, 2.24) is 5.32 Å². The minimum absolute atomic E-state index is 0.545. The van der Waals surface area contributed by atoms with Gasteiger partial charge in [-0.2, -0.15) is 0 Å². The van der Waals surface area contributed by atoms with Gasteiger partial charge in [0.05, 0.1) is 6.61 Å². The summed E-state index contributed by atoms with van der Waals surface area (Å²) < 4.78 is 5.73. The van der Waals surface area contributed by atoms with Crippen LogP contribution in [-0.4, -0.2) is 24.8 Å². The molecule has 1 unspecified atom stereocenters. The quantitative estimate of drug-likeness (QED) is 0.836. The number of para-hydroxylation sites is 1. The summed E-state index contributed by atoms with van der Waals surface area (Å²) in [5.41, 5.74) is 1.24. The molecule has 0 fully saturated rings. The monoisotopic (exact) mass is 235 g/mol. The Bertz CT molecular complexity index is 388. The fraction of sp³-hybridized carbons (Fsp3) is 0.571. The van der Waals surface area contributed by atoms with E-state index in [1.807, 2.05) is 26.0 Å². The molecular weight excluding hydrogens is 214 g/mol. The lowest BCUT2D eigenvalue weighted by Gasteiger charge is -2.29. The van der Waals surface area contributed by atoms with Gasteiger partial charge in [-0.05, 0) is 31.9 Å². The minimum atomic E-state index is -0.876. The predicted octanol–water partition coefficient (Wildman–Crippen LogP) is 1.83. The average Bonchev–Trinajstić information content (AvgIpc) is 2.36. The average molecular weight is 235 g/mol. The van der Waals surface area contributed by atoms with Gasteiger partial charge in [0.1, 0.15) is 11.4 Å². The first-order valence-corrected chi connectivity index (χ1v) is 6.33. The highest BCUT2D eigenvalue weighted by Crippen LogP contribution is 2.35. The van der Waals surface area contributed by atoms with E-state index in [0.29, 0.717) is 6.54 Å². The summed E-state index contributed by atoms with van der Waals surface area (Å²) in [4.78, 5) is 0. The van der Waals surface area contributed by atoms with Crippen LogP contribution in [0.1, 0.15) is 31.4 Å². The first-order chi connectivity index (χ1) is 8.15. The molecule has 94 valence electrons. The van der Waals surface area contributed by atoms with E-state index in [-0.39, 0.29) is 0 Å². The van der Waals surface area contributed by atoms with Gasteiger partial charge in [0.2, 0.25) is 0 Å². The smallest absolute Gasteiger partial charge is 0.128 e. The Morgan fingerprint density at radius 3 is 3.06 bits per heavy atom. The number of aliphatic hydroxyl groups is 1. The fourth-order valence-electron chi connectivity index (χ4n) is 2.28. The van der Waals surface area contributed by atoms with Crippen molar-refractivity contribution in [2.75, 3.05) is 19.7 Å². The van der Waals surface area contributed by atoms with Crippen molar-refractivity contribution in [3.05, 3.63) is 29.3 Å². The van der Waals surface area contributed by atoms with E-state index < -0.39 is 5.60 Å². The third-order valence-electron chi connectivity index (χ3n) is 3.23. The molecule has 3 heteroatoms. The van der Waals surface area contributed by atoms with Crippen molar-refractivity contribution < 1.29 is 9.84 Å². The van der Waals surface area contributed by atoms with Gasteiger partial charge in [0.15, 0.2) is 0 Å². The van der Waals surface area contributed by atoms with Crippen LogP contribution in [0.25, 0.3) is 0 Å². The highest BCUT2D eigenvalue weighted by atomic mass is 16.5. The van der Waals surface area contributed by atoms with E-state index in [2.05, 4.69) is 11.4 Å². The van der Waals surface area contributed by atoms with Gasteiger partial charge < -0.3 is 15.2 Å². The summed E-state index contributed by atoms with van der Waals surface area (Å²) in [5, 5.41) is 13.7. The Hall–Kier alpha value is -1.06. The number of likely N-dealkylation sites (N-methyl/N-ethyl adjacent to an activating group) is 1. The Kier molecular flexibility index (Phi) is 3.69. The molecule has 2 N–H and O–H groups in total. The van der Waals surface area contributed by atoms with Crippen LogP contribution in [-0.2, 0) is 12.0 Å². The molecular formula is C14H21NO2. The molecule has 1 aliphatic rings. The second-order valence-electron chi connectivity index (χ2n) is 4.80. The highest BCUT2D eigenvalue weighted by molar-refractivity contribution is 5.45. The lowest BCUT2D eigenvalue weighted by molar-refractivity contribution is 0.0535. The topological polar surface area (TPSA) is 41.5 Å². The van der Waals surface area contributed by atoms with Crippen LogP contribution >= 0.6 is 0 Å². The Labute approximate surface area is 103 Å². The van der Waals surface area contributed by atoms with E-state index in [0.717, 1.165) is 37.3 Å². The van der Waals surface area contributed by atoms with Crippen LogP contribution in [0.5, 0.6) is 5.75 Å². The number of nitrogens with one attached hydrogen (secondary N) is 1. The van der Waals surface area contributed by atoms with Crippen molar-refractivity contribution in [3.63, 3.8) is 0 Å². The third-order valence-corrected chi connectivity index (χ3v) is 3.23. The maximum atomic E-state index is 10.5. The van der Waals surface area contributed by atoms with Gasteiger partial charge in [-0.25, -0.2) is 0 Å². The molecule has 0 bridgehead atoms. The van der Waals surface area contributed by atoms with E-state index in [1.165, 1.54) is 5.56 Å². The van der Waals surface area contributed by atoms with E-state index in [4.69, 9.17) is 4.74 Å². The zero-order chi connectivity index (χ0) is 12.3. The van der Waals surface area contributed by atoms with Crippen molar-refractivity contribution in [2.45, 2.75) is 32.3 Å². The second kappa shape index (κ2) is 5.07. The standard InChI is InChI=1S/C14H21NO2/c1-3-15-10-14(2,16)12-8-4-6-11-7-5-9-17-13(11)12/h4,6,8,15-16H,3,5,7,9-10H2,1-2H3. The number of aryl methyl sites for hydroxylation is 1. The molecule has 1 atom stereocenters. The summed E-state index contributed by atoms with van der Waals surface area (Å²) >= 11 is 0. The van der Waals surface area contributed by atoms with E-state index in [9.17, 15) is 5.11 Å². The van der Waals surface area contributed by atoms with Crippen molar-refractivity contribution in [3.8, 4) is 5.75 Å². The molecule has 0 saturated heterocycles. The maximum absolute atomic E-state index is 10.5. The van der Waals surface area contributed by atoms with E-state index in [1.54, 1.807) is 0 Å². The predicted molar refractivity (Wildman–Crippen MR) is 68.4 cm³/mol. The van der Waals surface area contributed by atoms with Gasteiger partial charge in [0.25, 0.3) is 0 Å². The van der Waals surface area contributed by atoms with Gasteiger partial charge >= 0.3 is 0 Å². The molecule has 1 aromatic rings. The Balaban J connectivity index is 2.31. The van der Waals surface area contributed by atoms with Crippen LogP contribution in [0, 0.1) is 0 Å². The lowest BCUT2D eigenvalue weighted by atomic mass is 9.91. The third kappa shape index (κ3) is 2.61. The van der Waals surface area contributed by atoms with Gasteiger partial charge in [0, 0.05) is 12.1 Å². The number of ether oxygens (including phenoxy) is 1. The normalized spacial score (nSPS) is 18.1. The molecule has 2 rings (SSSR count). The molecule has 1 aliphatic heterocycles. The van der Waals surface area contributed by atoms with Crippen LogP contribution in [0.15, 0.2) is 18.2 Å². The summed E-state index contributed by atoms with van der Waals surface area (Å²) in [6.07, 6.45) is 2.10. The molecule has 0 radical (unpaired) electrons. The Morgan fingerprint density at radius 1 is 1.47 bits per heavy atom. The lowest BCUT2D eigenvalue weighted by Crippen LogP contribution is -2.36. The second-order valence-corrected chi connectivity index (χ2v) is 4.80. The summed E-state index contributed by atoms with van der Waals surface area (Å²) in [5.74, 6) is 0.890. The number of rotatable bonds is 4. The molecule has 1 aromatic carbocycles. The molecule has 0 aliphatic carbocycles. The first-order valence-electron chi connectivity index (χ1n) is 6.33. The van der Waals surface area contributed by atoms with Gasteiger partial charge in [-0.1, -0.05) is 25.1 Å². The summed E-state index contributed by atoms with van der Waals surface area (Å²) in [7, 11) is 0. The molecule has 1 heterocycles. The first kappa shape index (κ1) is 12.4. The highest BCUT2D eigenvalue weighted by Gasteiger charge is 2.28. The van der Waals surface area contributed by atoms with Crippen LogP contribution < -0.4 is 10.1 Å². The zero-order valence-corrected chi connectivity index (χ0v) is 10.6. The van der Waals surface area contributed by atoms with Crippen molar-refractivity contribution in [1.29, 1.82) is 0 Å². The molecule has 0 saturated carbocycles. The van der Waals surface area contributed by atoms with Crippen LogP contribution in [0.2, 0.25) is 0 Å². The molecule has 0 aromatic heterocycles. The van der Waals surface area contributed by atoms with Crippen LogP contribution in [0.4, 0.5) is 0 Å². The van der Waals surface area contributed by atoms with E-state index >= 15 is 0 Å². The summed E-state index contributed by atoms with van der Waals surface area (Å²) in [6, 6.07) is 6.05. The van der Waals surface area contributed by atoms with Gasteiger partial charge in [-0.3, -0.25) is 0 Å². The number of hydrogen-bond donors (Lipinski definition) is 2. The number of hydrogen-bond acceptors (Lipinski definition) is 3. The van der Waals surface area contributed by atoms with Gasteiger partial charge in [-0.15, -0.1) is 0 Å². The number of benzene rings is 1. The van der Waals surface area contributed by atoms with Crippen molar-refractivity contribution >= 4 is 0 Å². The minimum Gasteiger partial charge on any atom is -0.493 e. The molecule has 3 nitrogen and oxygen atoms in total. The zero-order valence-electron chi connectivity index (χ0n) is 10.6. The summed E-state index contributed by atoms with van der Waals surface area (Å²) in [6.45, 7) is 6.02. The maximum Gasteiger partial charge on any atom is 0.128 e. The number of fused-ring (bicyclic) bond motifs is 1. The molecule has 0 spiro atoms. The fourth-order valence-corrected chi connectivity index (χ4v) is 2.28. The molecule has 17 heavy (non-hydrogen) atoms. The molecule has 0 amide bonds.